The molecule has 72 valence electrons. The minimum Gasteiger partial charge on any atom is -0.479 e. The predicted octanol–water partition coefficient (Wildman–Crippen LogP) is 1.19. The number of hydrogen-bond donors (Lipinski definition) is 3. The summed E-state index contributed by atoms with van der Waals surface area (Å²) in [5.74, 6) is -0.0464. The standard InChI is InChI=1S/C7H15NO2S2/c1-2-3-4-12-7(8,5-11)6(9)10/h11H,2-5,8H2,1H3,(H,9,10)/t7-/m1/s1. The van der Waals surface area contributed by atoms with E-state index in [1.165, 1.54) is 11.8 Å². The first kappa shape index (κ1) is 12.1. The van der Waals surface area contributed by atoms with Crippen molar-refractivity contribution in [3.05, 3.63) is 0 Å². The molecule has 0 aliphatic carbocycles. The average molecular weight is 209 g/mol. The van der Waals surface area contributed by atoms with Crippen LogP contribution in [0.5, 0.6) is 0 Å². The van der Waals surface area contributed by atoms with E-state index in [-0.39, 0.29) is 5.75 Å². The molecular formula is C7H15NO2S2. The Kier molecular flexibility index (Phi) is 5.78. The number of aliphatic carboxylic acids is 1. The Labute approximate surface area is 82.5 Å². The molecule has 0 amide bonds. The smallest absolute Gasteiger partial charge is 0.335 e. The Hall–Kier alpha value is 0.130. The fourth-order valence-corrected chi connectivity index (χ4v) is 1.99. The van der Waals surface area contributed by atoms with Crippen LogP contribution in [0, 0.1) is 0 Å². The Morgan fingerprint density at radius 1 is 1.75 bits per heavy atom. The van der Waals surface area contributed by atoms with E-state index < -0.39 is 10.8 Å². The highest BCUT2D eigenvalue weighted by molar-refractivity contribution is 8.02. The van der Waals surface area contributed by atoms with Crippen LogP contribution in [0.1, 0.15) is 19.8 Å². The van der Waals surface area contributed by atoms with Gasteiger partial charge in [-0.05, 0) is 12.2 Å². The maximum atomic E-state index is 10.7. The lowest BCUT2D eigenvalue weighted by atomic mass is 10.3. The number of thioether (sulfide) groups is 1. The van der Waals surface area contributed by atoms with Crippen molar-refractivity contribution in [3.8, 4) is 0 Å². The van der Waals surface area contributed by atoms with Crippen molar-refractivity contribution in [2.75, 3.05) is 11.5 Å². The largest absolute Gasteiger partial charge is 0.479 e. The van der Waals surface area contributed by atoms with Crippen LogP contribution in [0.25, 0.3) is 0 Å². The second-order valence-corrected chi connectivity index (χ2v) is 4.30. The minimum atomic E-state index is -1.21. The van der Waals surface area contributed by atoms with Crippen LogP contribution in [0.3, 0.4) is 0 Å². The molecule has 3 nitrogen and oxygen atoms in total. The fraction of sp³-hybridized carbons (Fsp3) is 0.857. The third-order valence-electron chi connectivity index (χ3n) is 1.45. The van der Waals surface area contributed by atoms with Gasteiger partial charge >= 0.3 is 5.97 Å². The van der Waals surface area contributed by atoms with Gasteiger partial charge in [0.2, 0.25) is 0 Å². The van der Waals surface area contributed by atoms with E-state index in [0.29, 0.717) is 0 Å². The van der Waals surface area contributed by atoms with Gasteiger partial charge in [-0.15, -0.1) is 11.8 Å². The van der Waals surface area contributed by atoms with Gasteiger partial charge in [-0.25, -0.2) is 4.79 Å². The molecule has 5 heteroatoms. The molecule has 0 saturated carbocycles. The molecule has 3 N–H and O–H groups in total. The van der Waals surface area contributed by atoms with Crippen LogP contribution >= 0.6 is 24.4 Å². The molecule has 0 rings (SSSR count). The first-order chi connectivity index (χ1) is 5.56. The molecule has 0 aromatic rings. The van der Waals surface area contributed by atoms with E-state index in [4.69, 9.17) is 10.8 Å². The summed E-state index contributed by atoms with van der Waals surface area (Å²) in [4.78, 5) is 9.44. The van der Waals surface area contributed by atoms with E-state index in [2.05, 4.69) is 19.6 Å². The molecule has 1 atom stereocenters. The number of rotatable bonds is 6. The summed E-state index contributed by atoms with van der Waals surface area (Å²) in [5, 5.41) is 8.74. The Bertz CT molecular complexity index is 154. The molecule has 0 fully saturated rings. The van der Waals surface area contributed by atoms with Crippen molar-refractivity contribution in [1.82, 2.24) is 0 Å². The molecule has 0 spiro atoms. The highest BCUT2D eigenvalue weighted by Crippen LogP contribution is 2.22. The highest BCUT2D eigenvalue weighted by Gasteiger charge is 2.32. The van der Waals surface area contributed by atoms with Gasteiger partial charge in [-0.1, -0.05) is 13.3 Å². The molecule has 0 aromatic carbocycles. The monoisotopic (exact) mass is 209 g/mol. The molecule has 0 heterocycles. The fourth-order valence-electron chi connectivity index (χ4n) is 0.574. The second kappa shape index (κ2) is 5.72. The third-order valence-corrected chi connectivity index (χ3v) is 3.49. The second-order valence-electron chi connectivity index (χ2n) is 2.55. The van der Waals surface area contributed by atoms with Gasteiger partial charge in [0.15, 0.2) is 4.87 Å². The van der Waals surface area contributed by atoms with E-state index in [0.717, 1.165) is 18.6 Å². The molecule has 0 aliphatic rings. The molecule has 0 radical (unpaired) electrons. The van der Waals surface area contributed by atoms with Crippen LogP contribution in [0.2, 0.25) is 0 Å². The van der Waals surface area contributed by atoms with Gasteiger partial charge in [-0.3, -0.25) is 0 Å². The van der Waals surface area contributed by atoms with Crippen molar-refractivity contribution >= 4 is 30.4 Å². The first-order valence-corrected chi connectivity index (χ1v) is 5.45. The molecule has 0 aliphatic heterocycles. The summed E-state index contributed by atoms with van der Waals surface area (Å²) in [6.07, 6.45) is 2.04. The number of carboxylic acids is 1. The summed E-state index contributed by atoms with van der Waals surface area (Å²) >= 11 is 5.17. The molecular weight excluding hydrogens is 194 g/mol. The zero-order valence-electron chi connectivity index (χ0n) is 7.12. The molecule has 12 heavy (non-hydrogen) atoms. The predicted molar refractivity (Wildman–Crippen MR) is 55.8 cm³/mol. The lowest BCUT2D eigenvalue weighted by Gasteiger charge is -2.21. The van der Waals surface area contributed by atoms with E-state index >= 15 is 0 Å². The lowest BCUT2D eigenvalue weighted by molar-refractivity contribution is -0.139. The Morgan fingerprint density at radius 3 is 2.67 bits per heavy atom. The zero-order chi connectivity index (χ0) is 9.61. The SMILES string of the molecule is CCCCS[C@](N)(CS)C(=O)O. The minimum absolute atomic E-state index is 0.163. The summed E-state index contributed by atoms with van der Waals surface area (Å²) < 4.78 is 0. The number of unbranched alkanes of at least 4 members (excludes halogenated alkanes) is 1. The Balaban J connectivity index is 3.88. The molecule has 0 unspecified atom stereocenters. The summed E-state index contributed by atoms with van der Waals surface area (Å²) in [6.45, 7) is 2.06. The highest BCUT2D eigenvalue weighted by atomic mass is 32.2. The third kappa shape index (κ3) is 3.69. The van der Waals surface area contributed by atoms with Gasteiger partial charge in [0.05, 0.1) is 0 Å². The van der Waals surface area contributed by atoms with Crippen molar-refractivity contribution in [3.63, 3.8) is 0 Å². The van der Waals surface area contributed by atoms with Crippen LogP contribution in [-0.4, -0.2) is 27.5 Å². The van der Waals surface area contributed by atoms with E-state index in [1.54, 1.807) is 0 Å². The van der Waals surface area contributed by atoms with Gasteiger partial charge in [0.1, 0.15) is 0 Å². The van der Waals surface area contributed by atoms with Gasteiger partial charge in [0, 0.05) is 5.75 Å². The van der Waals surface area contributed by atoms with Crippen molar-refractivity contribution in [2.24, 2.45) is 5.73 Å². The van der Waals surface area contributed by atoms with Crippen LogP contribution < -0.4 is 5.73 Å². The zero-order valence-corrected chi connectivity index (χ0v) is 8.83. The normalized spacial score (nSPS) is 15.6. The first-order valence-electron chi connectivity index (χ1n) is 3.84. The van der Waals surface area contributed by atoms with Gasteiger partial charge in [-0.2, -0.15) is 12.6 Å². The van der Waals surface area contributed by atoms with Crippen LogP contribution in [0.15, 0.2) is 0 Å². The Morgan fingerprint density at radius 2 is 2.33 bits per heavy atom. The van der Waals surface area contributed by atoms with E-state index in [1.807, 2.05) is 0 Å². The molecule has 0 bridgehead atoms. The molecule has 0 aromatic heterocycles. The van der Waals surface area contributed by atoms with E-state index in [9.17, 15) is 4.79 Å². The van der Waals surface area contributed by atoms with Crippen molar-refractivity contribution < 1.29 is 9.90 Å². The van der Waals surface area contributed by atoms with Gasteiger partial charge < -0.3 is 10.8 Å². The maximum Gasteiger partial charge on any atom is 0.335 e. The summed E-state index contributed by atoms with van der Waals surface area (Å²) in [6, 6.07) is 0. The number of carboxylic acid groups (broad SMARTS) is 1. The number of nitrogens with two attached hydrogens (primary N) is 1. The maximum absolute atomic E-state index is 10.7. The van der Waals surface area contributed by atoms with Crippen LogP contribution in [-0.2, 0) is 4.79 Å². The average Bonchev–Trinajstić information content (AvgIpc) is 2.04. The van der Waals surface area contributed by atoms with Crippen molar-refractivity contribution in [1.29, 1.82) is 0 Å². The topological polar surface area (TPSA) is 63.3 Å². The van der Waals surface area contributed by atoms with Crippen molar-refractivity contribution in [2.45, 2.75) is 24.6 Å². The quantitative estimate of drug-likeness (QED) is 0.349. The number of hydrogen-bond acceptors (Lipinski definition) is 4. The molecule has 0 saturated heterocycles. The summed E-state index contributed by atoms with van der Waals surface area (Å²) in [5.41, 5.74) is 5.57. The van der Waals surface area contributed by atoms with Crippen LogP contribution in [0.4, 0.5) is 0 Å². The number of thiol groups is 1. The summed E-state index contributed by atoms with van der Waals surface area (Å²) in [7, 11) is 0. The lowest BCUT2D eigenvalue weighted by Crippen LogP contribution is -2.46. The number of carbonyl (C=O) groups is 1. The van der Waals surface area contributed by atoms with Gasteiger partial charge in [0.25, 0.3) is 0 Å².